The topological polar surface area (TPSA) is 80.1 Å². The van der Waals surface area contributed by atoms with Crippen LogP contribution in [0.2, 0.25) is 0 Å². The van der Waals surface area contributed by atoms with Crippen LogP contribution in [0.25, 0.3) is 5.69 Å². The number of imide groups is 1. The third-order valence-electron chi connectivity index (χ3n) is 3.81. The van der Waals surface area contributed by atoms with Gasteiger partial charge in [-0.2, -0.15) is 0 Å². The van der Waals surface area contributed by atoms with E-state index in [1.165, 1.54) is 16.7 Å². The van der Waals surface area contributed by atoms with Crippen molar-refractivity contribution in [3.8, 4) is 5.69 Å². The second-order valence-corrected chi connectivity index (χ2v) is 6.99. The van der Waals surface area contributed by atoms with Crippen molar-refractivity contribution in [1.29, 1.82) is 0 Å². The summed E-state index contributed by atoms with van der Waals surface area (Å²) in [5.41, 5.74) is 2.09. The third-order valence-corrected chi connectivity index (χ3v) is 4.84. The second kappa shape index (κ2) is 6.64. The van der Waals surface area contributed by atoms with Gasteiger partial charge in [-0.1, -0.05) is 23.9 Å². The van der Waals surface area contributed by atoms with Crippen molar-refractivity contribution in [2.75, 3.05) is 13.1 Å². The number of benzene rings is 1. The van der Waals surface area contributed by atoms with E-state index in [4.69, 9.17) is 0 Å². The zero-order chi connectivity index (χ0) is 17.3. The molecule has 1 unspecified atom stereocenters. The molecule has 1 aromatic carbocycles. The Hall–Kier alpha value is -2.35. The van der Waals surface area contributed by atoms with Gasteiger partial charge < -0.3 is 5.32 Å². The van der Waals surface area contributed by atoms with E-state index in [1.807, 2.05) is 42.7 Å². The Labute approximate surface area is 144 Å². The van der Waals surface area contributed by atoms with Crippen molar-refractivity contribution in [3.63, 3.8) is 0 Å². The van der Waals surface area contributed by atoms with Crippen LogP contribution in [0.1, 0.15) is 18.3 Å². The maximum atomic E-state index is 12.5. The molecule has 1 atom stereocenters. The molecule has 126 valence electrons. The molecular weight excluding hydrogens is 326 g/mol. The number of amides is 3. The van der Waals surface area contributed by atoms with E-state index in [0.29, 0.717) is 18.2 Å². The fraction of sp³-hybridized carbons (Fsp3) is 0.375. The first-order chi connectivity index (χ1) is 11.5. The Morgan fingerprint density at radius 3 is 2.79 bits per heavy atom. The normalized spacial score (nSPS) is 15.5. The fourth-order valence-electron chi connectivity index (χ4n) is 2.59. The van der Waals surface area contributed by atoms with Crippen molar-refractivity contribution in [2.45, 2.75) is 31.2 Å². The minimum absolute atomic E-state index is 0.216. The lowest BCUT2D eigenvalue weighted by atomic mass is 10.2. The number of thioether (sulfide) groups is 1. The van der Waals surface area contributed by atoms with Crippen LogP contribution in [0.3, 0.4) is 0 Å². The van der Waals surface area contributed by atoms with E-state index in [0.717, 1.165) is 17.1 Å². The highest BCUT2D eigenvalue weighted by molar-refractivity contribution is 8.00. The molecule has 0 spiro atoms. The first-order valence-corrected chi connectivity index (χ1v) is 8.60. The van der Waals surface area contributed by atoms with Crippen LogP contribution in [0, 0.1) is 13.8 Å². The van der Waals surface area contributed by atoms with Gasteiger partial charge in [0.2, 0.25) is 5.91 Å². The smallest absolute Gasteiger partial charge is 0.324 e. The molecule has 3 amide bonds. The SMILES string of the molecule is Cc1cccc(-n2c(C)nnc2SC(C)C(=O)N2CCNC2=O)c1. The van der Waals surface area contributed by atoms with Gasteiger partial charge in [-0.3, -0.25) is 14.3 Å². The van der Waals surface area contributed by atoms with Crippen LogP contribution < -0.4 is 5.32 Å². The maximum absolute atomic E-state index is 12.5. The molecule has 2 aromatic rings. The molecule has 7 nitrogen and oxygen atoms in total. The van der Waals surface area contributed by atoms with Crippen molar-refractivity contribution in [2.24, 2.45) is 0 Å². The number of carbonyl (C=O) groups is 2. The van der Waals surface area contributed by atoms with E-state index in [1.54, 1.807) is 6.92 Å². The van der Waals surface area contributed by atoms with Gasteiger partial charge in [0.1, 0.15) is 5.82 Å². The van der Waals surface area contributed by atoms with E-state index in [2.05, 4.69) is 15.5 Å². The summed E-state index contributed by atoms with van der Waals surface area (Å²) in [6.45, 7) is 6.59. The van der Waals surface area contributed by atoms with Crippen molar-refractivity contribution in [3.05, 3.63) is 35.7 Å². The maximum Gasteiger partial charge on any atom is 0.324 e. The highest BCUT2D eigenvalue weighted by Crippen LogP contribution is 2.27. The number of urea groups is 1. The first kappa shape index (κ1) is 16.5. The molecule has 8 heteroatoms. The molecule has 0 saturated carbocycles. The molecule has 0 aliphatic carbocycles. The number of nitrogens with one attached hydrogen (secondary N) is 1. The zero-order valence-corrected chi connectivity index (χ0v) is 14.6. The molecule has 1 saturated heterocycles. The standard InChI is InChI=1S/C16H19N5O2S/c1-10-5-4-6-13(9-10)21-12(3)18-19-16(21)24-11(2)14(22)20-8-7-17-15(20)23/h4-6,9,11H,7-8H2,1-3H3,(H,17,23). The summed E-state index contributed by atoms with van der Waals surface area (Å²) in [5.74, 6) is 0.535. The predicted octanol–water partition coefficient (Wildman–Crippen LogP) is 1.92. The molecule has 2 heterocycles. The van der Waals surface area contributed by atoms with Crippen LogP contribution in [-0.2, 0) is 4.79 Å². The van der Waals surface area contributed by atoms with E-state index >= 15 is 0 Å². The van der Waals surface area contributed by atoms with Gasteiger partial charge in [0.25, 0.3) is 0 Å². The van der Waals surface area contributed by atoms with Gasteiger partial charge in [-0.25, -0.2) is 4.79 Å². The van der Waals surface area contributed by atoms with E-state index < -0.39 is 5.25 Å². The number of carbonyl (C=O) groups excluding carboxylic acids is 2. The van der Waals surface area contributed by atoms with Crippen LogP contribution in [0.5, 0.6) is 0 Å². The van der Waals surface area contributed by atoms with Crippen LogP contribution >= 0.6 is 11.8 Å². The van der Waals surface area contributed by atoms with Crippen LogP contribution in [-0.4, -0.2) is 49.9 Å². The van der Waals surface area contributed by atoms with Crippen LogP contribution in [0.4, 0.5) is 4.79 Å². The lowest BCUT2D eigenvalue weighted by Gasteiger charge is -2.17. The third kappa shape index (κ3) is 3.14. The molecule has 3 rings (SSSR count). The molecule has 1 fully saturated rings. The zero-order valence-electron chi connectivity index (χ0n) is 13.8. The molecule has 1 aliphatic rings. The lowest BCUT2D eigenvalue weighted by molar-refractivity contribution is -0.126. The predicted molar refractivity (Wildman–Crippen MR) is 91.3 cm³/mol. The average molecular weight is 345 g/mol. The highest BCUT2D eigenvalue weighted by Gasteiger charge is 2.31. The van der Waals surface area contributed by atoms with Gasteiger partial charge in [0, 0.05) is 18.8 Å². The van der Waals surface area contributed by atoms with Crippen LogP contribution in [0.15, 0.2) is 29.4 Å². The summed E-state index contributed by atoms with van der Waals surface area (Å²) in [6.07, 6.45) is 0. The Bertz CT molecular complexity index is 789. The van der Waals surface area contributed by atoms with E-state index in [-0.39, 0.29) is 11.9 Å². The molecule has 0 bridgehead atoms. The number of nitrogens with zero attached hydrogens (tertiary/aromatic N) is 4. The number of hydrogen-bond donors (Lipinski definition) is 1. The number of hydrogen-bond acceptors (Lipinski definition) is 5. The molecule has 1 aromatic heterocycles. The number of aromatic nitrogens is 3. The summed E-state index contributed by atoms with van der Waals surface area (Å²) < 4.78 is 1.92. The Morgan fingerprint density at radius 2 is 2.12 bits per heavy atom. The molecule has 0 radical (unpaired) electrons. The van der Waals surface area contributed by atoms with Gasteiger partial charge in [0.05, 0.1) is 5.25 Å². The monoisotopic (exact) mass is 345 g/mol. The number of rotatable bonds is 4. The fourth-order valence-corrected chi connectivity index (χ4v) is 3.57. The molecule has 1 N–H and O–H groups in total. The molecule has 24 heavy (non-hydrogen) atoms. The summed E-state index contributed by atoms with van der Waals surface area (Å²) in [4.78, 5) is 25.4. The molecule has 1 aliphatic heterocycles. The second-order valence-electron chi connectivity index (χ2n) is 5.69. The largest absolute Gasteiger partial charge is 0.336 e. The Kier molecular flexibility index (Phi) is 4.57. The van der Waals surface area contributed by atoms with Crippen molar-refractivity contribution < 1.29 is 9.59 Å². The van der Waals surface area contributed by atoms with Gasteiger partial charge in [0.15, 0.2) is 5.16 Å². The summed E-state index contributed by atoms with van der Waals surface area (Å²) in [5, 5.41) is 11.2. The Morgan fingerprint density at radius 1 is 1.33 bits per heavy atom. The molecular formula is C16H19N5O2S. The highest BCUT2D eigenvalue weighted by atomic mass is 32.2. The number of aryl methyl sites for hydroxylation is 2. The van der Waals surface area contributed by atoms with Gasteiger partial charge >= 0.3 is 6.03 Å². The lowest BCUT2D eigenvalue weighted by Crippen LogP contribution is -2.39. The van der Waals surface area contributed by atoms with E-state index in [9.17, 15) is 9.59 Å². The van der Waals surface area contributed by atoms with Gasteiger partial charge in [-0.05, 0) is 38.5 Å². The summed E-state index contributed by atoms with van der Waals surface area (Å²) >= 11 is 1.31. The van der Waals surface area contributed by atoms with Gasteiger partial charge in [-0.15, -0.1) is 10.2 Å². The summed E-state index contributed by atoms with van der Waals surface area (Å²) in [7, 11) is 0. The van der Waals surface area contributed by atoms with Crippen molar-refractivity contribution in [1.82, 2.24) is 25.0 Å². The first-order valence-electron chi connectivity index (χ1n) is 7.72. The summed E-state index contributed by atoms with van der Waals surface area (Å²) in [6, 6.07) is 7.69. The minimum atomic E-state index is -0.430. The average Bonchev–Trinajstić information content (AvgIpc) is 3.12. The quantitative estimate of drug-likeness (QED) is 0.856. The Balaban J connectivity index is 1.83. The minimum Gasteiger partial charge on any atom is -0.336 e. The van der Waals surface area contributed by atoms with Crippen molar-refractivity contribution >= 4 is 23.7 Å².